The Morgan fingerprint density at radius 2 is 2.29 bits per heavy atom. The Hall–Kier alpha value is 0.0200. The third kappa shape index (κ3) is 2.68. The molecule has 0 aromatic rings. The van der Waals surface area contributed by atoms with E-state index < -0.39 is 0 Å². The number of halogens is 1. The van der Waals surface area contributed by atoms with E-state index in [9.17, 15) is 0 Å². The molecule has 0 unspecified atom stereocenters. The maximum absolute atomic E-state index is 3.10. The lowest BCUT2D eigenvalue weighted by Gasteiger charge is -2.02. The van der Waals surface area contributed by atoms with E-state index in [2.05, 4.69) is 11.4 Å². The number of allylic oxidation sites excluding steroid dienone is 1. The lowest BCUT2D eigenvalue weighted by Crippen LogP contribution is -2.09. The first-order valence-corrected chi connectivity index (χ1v) is 2.38. The van der Waals surface area contributed by atoms with Gasteiger partial charge in [-0.25, -0.2) is 0 Å². The van der Waals surface area contributed by atoms with Crippen molar-refractivity contribution in [3.8, 4) is 0 Å². The van der Waals surface area contributed by atoms with Crippen molar-refractivity contribution >= 4 is 17.0 Å². The van der Waals surface area contributed by atoms with Crippen LogP contribution < -0.4 is 5.32 Å². The highest BCUT2D eigenvalue weighted by Gasteiger charge is 1.84. The largest absolute Gasteiger partial charge is 0.391 e. The normalized spacial score (nSPS) is 17.1. The summed E-state index contributed by atoms with van der Waals surface area (Å²) in [6.45, 7) is 1.16. The molecule has 1 heterocycles. The van der Waals surface area contributed by atoms with E-state index in [1.54, 1.807) is 0 Å². The average Bonchev–Trinajstić information content (AvgIpc) is 1.72. The standard InChI is InChI=1S/C5H9N.BrH/c1-2-4-6-5-3-1;/h2,4,6H,1,3,5H2;1H. The van der Waals surface area contributed by atoms with E-state index in [-0.39, 0.29) is 17.0 Å². The first-order valence-electron chi connectivity index (χ1n) is 2.38. The third-order valence-corrected chi connectivity index (χ3v) is 0.928. The average molecular weight is 164 g/mol. The second kappa shape index (κ2) is 4.19. The Morgan fingerprint density at radius 1 is 1.43 bits per heavy atom. The molecule has 0 aromatic heterocycles. The van der Waals surface area contributed by atoms with Crippen molar-refractivity contribution in [1.82, 2.24) is 5.32 Å². The molecular weight excluding hydrogens is 154 g/mol. The molecule has 0 atom stereocenters. The molecule has 1 nitrogen and oxygen atoms in total. The summed E-state index contributed by atoms with van der Waals surface area (Å²) in [6.07, 6.45) is 6.73. The van der Waals surface area contributed by atoms with E-state index in [0.717, 1.165) is 6.54 Å². The van der Waals surface area contributed by atoms with E-state index >= 15 is 0 Å². The Kier molecular flexibility index (Phi) is 4.20. The van der Waals surface area contributed by atoms with Gasteiger partial charge >= 0.3 is 0 Å². The number of nitrogens with one attached hydrogen (secondary N) is 1. The summed E-state index contributed by atoms with van der Waals surface area (Å²) < 4.78 is 0. The van der Waals surface area contributed by atoms with Gasteiger partial charge in [-0.2, -0.15) is 0 Å². The number of rotatable bonds is 0. The lowest BCUT2D eigenvalue weighted by atomic mass is 10.2. The van der Waals surface area contributed by atoms with Crippen molar-refractivity contribution in [2.24, 2.45) is 0 Å². The monoisotopic (exact) mass is 163 g/mol. The Labute approximate surface area is 54.6 Å². The van der Waals surface area contributed by atoms with Crippen LogP contribution in [-0.4, -0.2) is 6.54 Å². The molecule has 0 bridgehead atoms. The van der Waals surface area contributed by atoms with Crippen LogP contribution in [0.2, 0.25) is 0 Å². The highest BCUT2D eigenvalue weighted by molar-refractivity contribution is 8.93. The molecule has 1 aliphatic heterocycles. The molecular formula is C5H10BrN. The zero-order valence-corrected chi connectivity index (χ0v) is 5.90. The predicted molar refractivity (Wildman–Crippen MR) is 36.7 cm³/mol. The van der Waals surface area contributed by atoms with Gasteiger partial charge in [0.2, 0.25) is 0 Å². The molecule has 0 aromatic carbocycles. The highest BCUT2D eigenvalue weighted by Crippen LogP contribution is 1.91. The Bertz CT molecular complexity index is 53.1. The van der Waals surface area contributed by atoms with Crippen LogP contribution in [0.25, 0.3) is 0 Å². The molecule has 0 saturated heterocycles. The molecule has 1 rings (SSSR count). The van der Waals surface area contributed by atoms with Gasteiger partial charge in [0.1, 0.15) is 0 Å². The second-order valence-corrected chi connectivity index (χ2v) is 1.50. The number of hydrogen-bond donors (Lipinski definition) is 1. The molecule has 0 saturated carbocycles. The van der Waals surface area contributed by atoms with Crippen LogP contribution in [0.1, 0.15) is 12.8 Å². The van der Waals surface area contributed by atoms with E-state index in [1.807, 2.05) is 6.20 Å². The minimum absolute atomic E-state index is 0. The molecule has 7 heavy (non-hydrogen) atoms. The van der Waals surface area contributed by atoms with Gasteiger partial charge in [0.15, 0.2) is 0 Å². The van der Waals surface area contributed by atoms with Gasteiger partial charge in [-0.3, -0.25) is 0 Å². The summed E-state index contributed by atoms with van der Waals surface area (Å²) >= 11 is 0. The fraction of sp³-hybridized carbons (Fsp3) is 0.600. The van der Waals surface area contributed by atoms with Crippen molar-refractivity contribution in [2.75, 3.05) is 6.54 Å². The fourth-order valence-electron chi connectivity index (χ4n) is 0.572. The summed E-state index contributed by atoms with van der Waals surface area (Å²) in [5, 5.41) is 3.10. The van der Waals surface area contributed by atoms with Crippen LogP contribution in [-0.2, 0) is 0 Å². The Balaban J connectivity index is 0.000000360. The predicted octanol–water partition coefficient (Wildman–Crippen LogP) is 1.46. The molecule has 0 amide bonds. The summed E-state index contributed by atoms with van der Waals surface area (Å²) in [5.74, 6) is 0. The van der Waals surface area contributed by atoms with Crippen molar-refractivity contribution in [3.05, 3.63) is 12.3 Å². The molecule has 1 aliphatic rings. The first kappa shape index (κ1) is 7.02. The quantitative estimate of drug-likeness (QED) is 0.571. The Morgan fingerprint density at radius 3 is 2.43 bits per heavy atom. The zero-order valence-electron chi connectivity index (χ0n) is 4.18. The fourth-order valence-corrected chi connectivity index (χ4v) is 0.572. The van der Waals surface area contributed by atoms with Gasteiger partial charge in [-0.15, -0.1) is 17.0 Å². The molecule has 0 spiro atoms. The van der Waals surface area contributed by atoms with Crippen LogP contribution in [0.5, 0.6) is 0 Å². The topological polar surface area (TPSA) is 12.0 Å². The van der Waals surface area contributed by atoms with Crippen molar-refractivity contribution < 1.29 is 0 Å². The van der Waals surface area contributed by atoms with E-state index in [4.69, 9.17) is 0 Å². The zero-order chi connectivity index (χ0) is 4.24. The third-order valence-electron chi connectivity index (χ3n) is 0.928. The van der Waals surface area contributed by atoms with Crippen molar-refractivity contribution in [1.29, 1.82) is 0 Å². The van der Waals surface area contributed by atoms with Gasteiger partial charge in [0.25, 0.3) is 0 Å². The molecule has 42 valence electrons. The van der Waals surface area contributed by atoms with Gasteiger partial charge in [-0.05, 0) is 19.0 Å². The number of hydrogen-bond acceptors (Lipinski definition) is 1. The molecule has 2 heteroatoms. The minimum Gasteiger partial charge on any atom is -0.391 e. The summed E-state index contributed by atoms with van der Waals surface area (Å²) in [5.41, 5.74) is 0. The molecule has 0 aliphatic carbocycles. The van der Waals surface area contributed by atoms with E-state index in [0.29, 0.717) is 0 Å². The van der Waals surface area contributed by atoms with E-state index in [1.165, 1.54) is 12.8 Å². The molecule has 0 radical (unpaired) electrons. The van der Waals surface area contributed by atoms with Crippen LogP contribution in [0.4, 0.5) is 0 Å². The maximum atomic E-state index is 3.10. The summed E-state index contributed by atoms with van der Waals surface area (Å²) in [4.78, 5) is 0. The molecule has 0 fully saturated rings. The van der Waals surface area contributed by atoms with Crippen molar-refractivity contribution in [3.63, 3.8) is 0 Å². The summed E-state index contributed by atoms with van der Waals surface area (Å²) in [6, 6.07) is 0. The van der Waals surface area contributed by atoms with Gasteiger partial charge in [0, 0.05) is 6.54 Å². The summed E-state index contributed by atoms with van der Waals surface area (Å²) in [7, 11) is 0. The minimum atomic E-state index is 0. The van der Waals surface area contributed by atoms with Crippen LogP contribution in [0.15, 0.2) is 12.3 Å². The van der Waals surface area contributed by atoms with Crippen LogP contribution in [0.3, 0.4) is 0 Å². The maximum Gasteiger partial charge on any atom is 0.0144 e. The van der Waals surface area contributed by atoms with Gasteiger partial charge in [0.05, 0.1) is 0 Å². The van der Waals surface area contributed by atoms with Crippen LogP contribution in [0, 0.1) is 0 Å². The highest BCUT2D eigenvalue weighted by atomic mass is 79.9. The SMILES string of the molecule is Br.C1=CNCCC1. The van der Waals surface area contributed by atoms with Crippen molar-refractivity contribution in [2.45, 2.75) is 12.8 Å². The molecule has 1 N–H and O–H groups in total. The second-order valence-electron chi connectivity index (χ2n) is 1.50. The van der Waals surface area contributed by atoms with Gasteiger partial charge in [-0.1, -0.05) is 6.08 Å². The smallest absolute Gasteiger partial charge is 0.0144 e. The van der Waals surface area contributed by atoms with Crippen LogP contribution >= 0.6 is 17.0 Å². The van der Waals surface area contributed by atoms with Gasteiger partial charge < -0.3 is 5.32 Å². The first-order chi connectivity index (χ1) is 3.00. The lowest BCUT2D eigenvalue weighted by molar-refractivity contribution is 0.728.